The zero-order chi connectivity index (χ0) is 14.0. The summed E-state index contributed by atoms with van der Waals surface area (Å²) in [6.45, 7) is 1.75. The SMILES string of the molecule is Cn1cc(C(=O)C2(c3ccccc3)CCNCC2)cn1. The van der Waals surface area contributed by atoms with Gasteiger partial charge in [-0.15, -0.1) is 0 Å². The molecule has 0 bridgehead atoms. The summed E-state index contributed by atoms with van der Waals surface area (Å²) in [5.41, 5.74) is 1.42. The number of ketones is 1. The molecular weight excluding hydrogens is 250 g/mol. The Morgan fingerprint density at radius 3 is 2.55 bits per heavy atom. The van der Waals surface area contributed by atoms with Crippen molar-refractivity contribution in [2.24, 2.45) is 7.05 Å². The van der Waals surface area contributed by atoms with Crippen LogP contribution < -0.4 is 5.32 Å². The van der Waals surface area contributed by atoms with Crippen molar-refractivity contribution in [1.82, 2.24) is 15.1 Å². The van der Waals surface area contributed by atoms with Crippen LogP contribution >= 0.6 is 0 Å². The van der Waals surface area contributed by atoms with Gasteiger partial charge in [0, 0.05) is 13.2 Å². The number of hydrogen-bond acceptors (Lipinski definition) is 3. The van der Waals surface area contributed by atoms with Gasteiger partial charge < -0.3 is 5.32 Å². The average molecular weight is 269 g/mol. The molecule has 0 saturated carbocycles. The molecule has 3 rings (SSSR count). The first-order valence-corrected chi connectivity index (χ1v) is 7.02. The van der Waals surface area contributed by atoms with Crippen LogP contribution in [0.5, 0.6) is 0 Å². The number of piperidine rings is 1. The predicted octanol–water partition coefficient (Wildman–Crippen LogP) is 1.92. The summed E-state index contributed by atoms with van der Waals surface area (Å²) in [6.07, 6.45) is 5.17. The molecule has 2 aromatic rings. The van der Waals surface area contributed by atoms with E-state index < -0.39 is 5.41 Å². The van der Waals surface area contributed by atoms with Gasteiger partial charge in [-0.25, -0.2) is 0 Å². The summed E-state index contributed by atoms with van der Waals surface area (Å²) in [4.78, 5) is 13.1. The van der Waals surface area contributed by atoms with Crippen LogP contribution in [0.2, 0.25) is 0 Å². The van der Waals surface area contributed by atoms with Gasteiger partial charge in [0.25, 0.3) is 0 Å². The van der Waals surface area contributed by atoms with E-state index in [-0.39, 0.29) is 5.78 Å². The summed E-state index contributed by atoms with van der Waals surface area (Å²) in [5, 5.41) is 7.49. The Morgan fingerprint density at radius 2 is 1.95 bits per heavy atom. The number of hydrogen-bond donors (Lipinski definition) is 1. The average Bonchev–Trinajstić information content (AvgIpc) is 2.94. The number of aryl methyl sites for hydroxylation is 1. The fourth-order valence-electron chi connectivity index (χ4n) is 3.07. The summed E-state index contributed by atoms with van der Waals surface area (Å²) in [7, 11) is 1.84. The topological polar surface area (TPSA) is 46.9 Å². The van der Waals surface area contributed by atoms with Crippen molar-refractivity contribution in [2.45, 2.75) is 18.3 Å². The van der Waals surface area contributed by atoms with Crippen LogP contribution in [0, 0.1) is 0 Å². The molecule has 0 radical (unpaired) electrons. The van der Waals surface area contributed by atoms with E-state index in [1.807, 2.05) is 31.4 Å². The molecule has 20 heavy (non-hydrogen) atoms. The van der Waals surface area contributed by atoms with Gasteiger partial charge in [-0.2, -0.15) is 5.10 Å². The highest BCUT2D eigenvalue weighted by molar-refractivity contribution is 6.04. The maximum absolute atomic E-state index is 13.1. The van der Waals surface area contributed by atoms with Gasteiger partial charge in [0.15, 0.2) is 5.78 Å². The highest BCUT2D eigenvalue weighted by Gasteiger charge is 2.41. The molecule has 1 fully saturated rings. The lowest BCUT2D eigenvalue weighted by Crippen LogP contribution is -2.45. The van der Waals surface area contributed by atoms with Crippen LogP contribution in [0.4, 0.5) is 0 Å². The number of nitrogens with one attached hydrogen (secondary N) is 1. The molecule has 4 heteroatoms. The number of carbonyl (C=O) groups is 1. The van der Waals surface area contributed by atoms with Crippen molar-refractivity contribution in [3.05, 3.63) is 53.9 Å². The van der Waals surface area contributed by atoms with E-state index in [9.17, 15) is 4.79 Å². The Balaban J connectivity index is 2.04. The molecule has 1 aromatic heterocycles. The van der Waals surface area contributed by atoms with Crippen molar-refractivity contribution >= 4 is 5.78 Å². The van der Waals surface area contributed by atoms with Crippen molar-refractivity contribution < 1.29 is 4.79 Å². The maximum Gasteiger partial charge on any atom is 0.176 e. The van der Waals surface area contributed by atoms with E-state index in [4.69, 9.17) is 0 Å². The second-order valence-electron chi connectivity index (χ2n) is 5.43. The van der Waals surface area contributed by atoms with Crippen LogP contribution in [0.1, 0.15) is 28.8 Å². The van der Waals surface area contributed by atoms with E-state index >= 15 is 0 Å². The van der Waals surface area contributed by atoms with Crippen molar-refractivity contribution in [3.63, 3.8) is 0 Å². The number of carbonyl (C=O) groups excluding carboxylic acids is 1. The lowest BCUT2D eigenvalue weighted by molar-refractivity contribution is 0.0847. The second-order valence-corrected chi connectivity index (χ2v) is 5.43. The van der Waals surface area contributed by atoms with Crippen LogP contribution in [0.15, 0.2) is 42.7 Å². The summed E-state index contributed by atoms with van der Waals surface area (Å²) < 4.78 is 1.69. The van der Waals surface area contributed by atoms with Crippen LogP contribution in [-0.2, 0) is 12.5 Å². The third-order valence-electron chi connectivity index (χ3n) is 4.19. The lowest BCUT2D eigenvalue weighted by atomic mass is 9.69. The summed E-state index contributed by atoms with van der Waals surface area (Å²) in [5.74, 6) is 0.193. The molecule has 0 atom stereocenters. The minimum Gasteiger partial charge on any atom is -0.317 e. The van der Waals surface area contributed by atoms with Crippen LogP contribution in [0.3, 0.4) is 0 Å². The Bertz CT molecular complexity index is 597. The molecule has 104 valence electrons. The number of rotatable bonds is 3. The molecule has 1 aliphatic rings. The third kappa shape index (κ3) is 2.16. The Kier molecular flexibility index (Phi) is 3.40. The van der Waals surface area contributed by atoms with E-state index in [2.05, 4.69) is 22.5 Å². The molecular formula is C16H19N3O. The lowest BCUT2D eigenvalue weighted by Gasteiger charge is -2.36. The number of benzene rings is 1. The molecule has 1 aromatic carbocycles. The zero-order valence-corrected chi connectivity index (χ0v) is 11.7. The molecule has 1 N–H and O–H groups in total. The molecule has 0 spiro atoms. The highest BCUT2D eigenvalue weighted by Crippen LogP contribution is 2.36. The molecule has 0 aliphatic carbocycles. The maximum atomic E-state index is 13.1. The molecule has 4 nitrogen and oxygen atoms in total. The van der Waals surface area contributed by atoms with Crippen molar-refractivity contribution in [3.8, 4) is 0 Å². The smallest absolute Gasteiger partial charge is 0.176 e. The van der Waals surface area contributed by atoms with Gasteiger partial charge in [-0.3, -0.25) is 9.48 Å². The van der Waals surface area contributed by atoms with Gasteiger partial charge >= 0.3 is 0 Å². The monoisotopic (exact) mass is 269 g/mol. The first-order valence-electron chi connectivity index (χ1n) is 7.02. The van der Waals surface area contributed by atoms with Crippen molar-refractivity contribution in [2.75, 3.05) is 13.1 Å². The van der Waals surface area contributed by atoms with Gasteiger partial charge in [0.1, 0.15) is 0 Å². The molecule has 0 amide bonds. The predicted molar refractivity (Wildman–Crippen MR) is 77.8 cm³/mol. The Labute approximate surface area is 118 Å². The number of aromatic nitrogens is 2. The van der Waals surface area contributed by atoms with E-state index in [1.165, 1.54) is 0 Å². The van der Waals surface area contributed by atoms with Crippen molar-refractivity contribution in [1.29, 1.82) is 0 Å². The van der Waals surface area contributed by atoms with Gasteiger partial charge in [-0.05, 0) is 31.5 Å². The van der Waals surface area contributed by atoms with E-state index in [1.54, 1.807) is 10.9 Å². The Morgan fingerprint density at radius 1 is 1.25 bits per heavy atom. The molecule has 0 unspecified atom stereocenters. The molecule has 1 saturated heterocycles. The van der Waals surface area contributed by atoms with Crippen LogP contribution in [0.25, 0.3) is 0 Å². The summed E-state index contributed by atoms with van der Waals surface area (Å²) >= 11 is 0. The quantitative estimate of drug-likeness (QED) is 0.866. The van der Waals surface area contributed by atoms with Gasteiger partial charge in [-0.1, -0.05) is 30.3 Å². The first kappa shape index (κ1) is 13.1. The fraction of sp³-hybridized carbons (Fsp3) is 0.375. The fourth-order valence-corrected chi connectivity index (χ4v) is 3.07. The van der Waals surface area contributed by atoms with Gasteiger partial charge in [0.2, 0.25) is 0 Å². The normalized spacial score (nSPS) is 17.9. The number of Topliss-reactive ketones (excluding diaryl/α,β-unsaturated/α-hetero) is 1. The highest BCUT2D eigenvalue weighted by atomic mass is 16.1. The minimum atomic E-state index is -0.407. The standard InChI is InChI=1S/C16H19N3O/c1-19-12-13(11-18-19)15(20)16(7-9-17-10-8-16)14-5-3-2-4-6-14/h2-6,11-12,17H,7-10H2,1H3. The van der Waals surface area contributed by atoms with Gasteiger partial charge in [0.05, 0.1) is 17.2 Å². The summed E-state index contributed by atoms with van der Waals surface area (Å²) in [6, 6.07) is 10.2. The van der Waals surface area contributed by atoms with E-state index in [0.717, 1.165) is 31.5 Å². The number of nitrogens with zero attached hydrogens (tertiary/aromatic N) is 2. The minimum absolute atomic E-state index is 0.193. The van der Waals surface area contributed by atoms with Crippen LogP contribution in [-0.4, -0.2) is 28.7 Å². The molecule has 1 aliphatic heterocycles. The largest absolute Gasteiger partial charge is 0.317 e. The first-order chi connectivity index (χ1) is 9.72. The zero-order valence-electron chi connectivity index (χ0n) is 11.7. The third-order valence-corrected chi connectivity index (χ3v) is 4.19. The van der Waals surface area contributed by atoms with E-state index in [0.29, 0.717) is 5.56 Å². The Hall–Kier alpha value is -1.94. The second kappa shape index (κ2) is 5.21. The molecule has 2 heterocycles.